The third kappa shape index (κ3) is 24.0. The number of aromatic nitrogens is 20. The Balaban J connectivity index is 0.000000133. The number of carbonyl (C=O) groups excluding carboxylic acids is 3. The second-order valence-corrected chi connectivity index (χ2v) is 40.6. The summed E-state index contributed by atoms with van der Waals surface area (Å²) in [5.74, 6) is -0.0758. The van der Waals surface area contributed by atoms with Gasteiger partial charge in [-0.05, 0) is 253 Å². The van der Waals surface area contributed by atoms with Gasteiger partial charge in [0, 0.05) is 33.9 Å². The van der Waals surface area contributed by atoms with E-state index < -0.39 is 29.8 Å². The van der Waals surface area contributed by atoms with Gasteiger partial charge in [0.2, 0.25) is 5.82 Å². The summed E-state index contributed by atoms with van der Waals surface area (Å²) in [6.45, 7) is 26.4. The molecular formula is C109H94Br2Cl2N20O11S5. The minimum absolute atomic E-state index is 0.0414. The van der Waals surface area contributed by atoms with Crippen LogP contribution in [0.2, 0.25) is 10.0 Å². The number of thioether (sulfide) groups is 1. The summed E-state index contributed by atoms with van der Waals surface area (Å²) < 4.78 is 48.0. The molecule has 0 amide bonds. The summed E-state index contributed by atoms with van der Waals surface area (Å²) in [5, 5.41) is 47.9. The molecule has 31 nitrogen and oxygen atoms in total. The molecule has 10 aromatic heterocycles. The second-order valence-electron chi connectivity index (χ2n) is 34.4. The van der Waals surface area contributed by atoms with Crippen LogP contribution in [-0.2, 0) is 14.2 Å². The number of hydrogen-bond donors (Lipinski definition) is 2. The zero-order chi connectivity index (χ0) is 106. The molecule has 0 atom stereocenters. The van der Waals surface area contributed by atoms with Crippen LogP contribution in [0, 0.1) is 55.4 Å². The number of carboxylic acid groups (broad SMARTS) is 2. The van der Waals surface area contributed by atoms with Crippen LogP contribution in [0.1, 0.15) is 155 Å². The highest BCUT2D eigenvalue weighted by Crippen LogP contribution is 2.44. The van der Waals surface area contributed by atoms with Gasteiger partial charge in [-0.3, -0.25) is 0 Å². The molecule has 0 radical (unpaired) electrons. The van der Waals surface area contributed by atoms with Crippen molar-refractivity contribution in [3.05, 3.63) is 352 Å². The topological polar surface area (TPSA) is 385 Å². The molecule has 0 unspecified atom stereocenters. The molecular weight excluding hydrogens is 2160 g/mol. The average molecular weight is 2250 g/mol. The van der Waals surface area contributed by atoms with Gasteiger partial charge in [0.05, 0.1) is 51.1 Å². The van der Waals surface area contributed by atoms with Crippen LogP contribution in [0.5, 0.6) is 0 Å². The Bertz CT molecular complexity index is 8360. The monoisotopic (exact) mass is 2250 g/mol. The van der Waals surface area contributed by atoms with Gasteiger partial charge in [-0.25, -0.2) is 67.3 Å². The number of aromatic carboxylic acids is 2. The van der Waals surface area contributed by atoms with Gasteiger partial charge in [0.15, 0.2) is 71.8 Å². The average Bonchev–Trinajstić information content (AvgIpc) is 1.62. The number of ether oxygens (including phenoxy) is 3. The lowest BCUT2D eigenvalue weighted by molar-refractivity contribution is 0.0515. The Kier molecular flexibility index (Phi) is 34.2. The summed E-state index contributed by atoms with van der Waals surface area (Å²) in [5.41, 5.74) is 22.1. The number of methoxy groups -OCH3 is 1. The summed E-state index contributed by atoms with van der Waals surface area (Å²) in [4.78, 5) is 84.0. The van der Waals surface area contributed by atoms with E-state index in [1.54, 1.807) is 25.7 Å². The van der Waals surface area contributed by atoms with Crippen LogP contribution in [-0.4, -0.2) is 162 Å². The number of para-hydroxylation sites is 5. The number of esters is 3. The SMILES string of the molecule is CCOC(=O)c1nn(-c2ccccc2C(C)C)c(-c2nc(-c3cccc(C)c3)ns2)c1Br.COC(=O)c1nn(-c2ccccc2C)c(-c2nc(-c3cccc(C)c3)ns2)c1Cl.CSCOC(=O)c1nn(-c2ccccc2C(C)C)c(-c2nc(-c3cccc(C)c3)ns2)c1Cl.Cc1cccc(-c2nc(-c3cc(C(=O)O)nn3-c3ccccc3C)no2)c1.Cc1cccc(-c2nsc(-c3c(Br)c(C(=O)O)nn3-c3ccccc3C)n2)c1. The van der Waals surface area contributed by atoms with Gasteiger partial charge >= 0.3 is 29.8 Å². The zero-order valence-electron chi connectivity index (χ0n) is 82.8. The lowest BCUT2D eigenvalue weighted by Gasteiger charge is -2.14. The molecule has 0 bridgehead atoms. The summed E-state index contributed by atoms with van der Waals surface area (Å²) >= 11 is 26.7. The molecule has 0 spiro atoms. The first kappa shape index (κ1) is 107. The lowest BCUT2D eigenvalue weighted by atomic mass is 10.0. The van der Waals surface area contributed by atoms with Crippen molar-refractivity contribution in [2.45, 2.75) is 102 Å². The van der Waals surface area contributed by atoms with E-state index in [4.69, 9.17) is 51.9 Å². The van der Waals surface area contributed by atoms with Crippen LogP contribution >= 0.6 is 113 Å². The van der Waals surface area contributed by atoms with Crippen molar-refractivity contribution in [2.75, 3.05) is 25.9 Å². The summed E-state index contributed by atoms with van der Waals surface area (Å²) in [6.07, 6.45) is 1.85. The third-order valence-electron chi connectivity index (χ3n) is 22.9. The maximum Gasteiger partial charge on any atom is 0.361 e. The van der Waals surface area contributed by atoms with Crippen molar-refractivity contribution in [1.82, 2.24) is 96.5 Å². The molecule has 754 valence electrons. The van der Waals surface area contributed by atoms with E-state index in [2.05, 4.69) is 135 Å². The molecule has 10 aromatic carbocycles. The Labute approximate surface area is 904 Å². The summed E-state index contributed by atoms with van der Waals surface area (Å²) in [7, 11) is 1.30. The van der Waals surface area contributed by atoms with Gasteiger partial charge in [-0.15, -0.1) is 11.8 Å². The number of rotatable bonds is 25. The van der Waals surface area contributed by atoms with Crippen molar-refractivity contribution in [2.24, 2.45) is 0 Å². The minimum Gasteiger partial charge on any atom is -0.476 e. The Morgan fingerprint density at radius 1 is 0.383 bits per heavy atom. The maximum absolute atomic E-state index is 12.7. The molecule has 40 heteroatoms. The van der Waals surface area contributed by atoms with Crippen molar-refractivity contribution in [3.63, 3.8) is 0 Å². The molecule has 0 aliphatic heterocycles. The third-order valence-corrected chi connectivity index (χ3v) is 28.4. The van der Waals surface area contributed by atoms with Gasteiger partial charge in [0.1, 0.15) is 44.5 Å². The molecule has 0 saturated carbocycles. The fourth-order valence-electron chi connectivity index (χ4n) is 15.7. The fraction of sp³-hybridized carbons (Fsp3) is 0.174. The van der Waals surface area contributed by atoms with E-state index in [0.29, 0.717) is 86.6 Å². The molecule has 0 saturated heterocycles. The Morgan fingerprint density at radius 2 is 0.718 bits per heavy atom. The van der Waals surface area contributed by atoms with E-state index in [1.807, 2.05) is 292 Å². The van der Waals surface area contributed by atoms with E-state index in [0.717, 1.165) is 112 Å². The Morgan fingerprint density at radius 3 is 1.10 bits per heavy atom. The second kappa shape index (κ2) is 47.8. The molecule has 2 N–H and O–H groups in total. The molecule has 20 rings (SSSR count). The van der Waals surface area contributed by atoms with Crippen LogP contribution in [0.4, 0.5) is 0 Å². The van der Waals surface area contributed by atoms with Gasteiger partial charge in [-0.2, -0.15) is 48.0 Å². The first-order valence-corrected chi connectivity index (χ1v) is 53.2. The number of benzene rings is 10. The van der Waals surface area contributed by atoms with E-state index >= 15 is 0 Å². The highest BCUT2D eigenvalue weighted by molar-refractivity contribution is 9.11. The number of hydrogen-bond acceptors (Lipinski definition) is 29. The van der Waals surface area contributed by atoms with Crippen LogP contribution in [0.15, 0.2) is 262 Å². The molecule has 10 heterocycles. The number of carboxylic acids is 2. The summed E-state index contributed by atoms with van der Waals surface area (Å²) in [6, 6.07) is 80.0. The van der Waals surface area contributed by atoms with Crippen molar-refractivity contribution in [3.8, 4) is 140 Å². The normalized spacial score (nSPS) is 11.0. The van der Waals surface area contributed by atoms with Crippen molar-refractivity contribution >= 4 is 143 Å². The first-order valence-electron chi connectivity index (χ1n) is 46.3. The van der Waals surface area contributed by atoms with Gasteiger partial charge < -0.3 is 28.9 Å². The van der Waals surface area contributed by atoms with E-state index in [1.165, 1.54) is 75.7 Å². The number of carbonyl (C=O) groups is 5. The molecule has 149 heavy (non-hydrogen) atoms. The zero-order valence-corrected chi connectivity index (χ0v) is 91.6. The van der Waals surface area contributed by atoms with Crippen molar-refractivity contribution < 1.29 is 52.9 Å². The number of nitrogens with zero attached hydrogens (tertiary/aromatic N) is 20. The quantitative estimate of drug-likeness (QED) is 0.0305. The molecule has 0 fully saturated rings. The standard InChI is InChI=1S/C24H23BrN4O2S.C24H23ClN4O2S2.C21H17ClN4O2S.C20H15BrN4O2S.C20H16N4O3/c1-5-31-24(30)20-19(25)21(29(27-20)18-12-7-6-11-17(18)14(2)3)23-26-22(28-32-23)16-10-8-9-15(4)13-16;1-14(2)17-10-5-6-11-18(17)29-21(19(25)20(27-29)24(30)31-13-32-4)23-26-22(28-33-23)16-9-7-8-15(3)12-16;1-12-7-6-9-14(11-12)19-23-20(29-25-19)18-16(22)17(21(27)28-3)24-26(18)15-10-5-4-8-13(15)2;1-11-6-5-8-13(10-11)18-22-19(28-24-18)17-15(21)16(20(26)27)23-25(17)14-9-4-3-7-12(14)2;1-12-6-5-8-14(10-12)19-21-18(23-27-19)17-11-15(20(25)26)22-24(17)16-9-4-3-7-13(16)2/h6-14H,5H2,1-4H3;5-12,14H,13H2,1-4H3;4-11H,1-3H3;3-10H,1-2H3,(H,26,27);3-11H,1-2H3,(H,25,26). The van der Waals surface area contributed by atoms with E-state index in [9.17, 15) is 34.2 Å². The molecule has 0 aliphatic carbocycles. The maximum atomic E-state index is 12.7. The lowest BCUT2D eigenvalue weighted by Crippen LogP contribution is -2.08. The fourth-order valence-corrected chi connectivity index (χ4v) is 21.0. The molecule has 20 aromatic rings. The smallest absolute Gasteiger partial charge is 0.361 e. The van der Waals surface area contributed by atoms with Crippen LogP contribution in [0.25, 0.3) is 140 Å². The minimum atomic E-state index is -1.12. The van der Waals surface area contributed by atoms with Gasteiger partial charge in [-0.1, -0.05) is 260 Å². The number of aryl methyl sites for hydroxylation is 8. The Hall–Kier alpha value is -15.1. The van der Waals surface area contributed by atoms with Gasteiger partial charge in [0.25, 0.3) is 5.89 Å². The van der Waals surface area contributed by atoms with Crippen LogP contribution < -0.4 is 0 Å². The van der Waals surface area contributed by atoms with Crippen molar-refractivity contribution in [1.29, 1.82) is 0 Å². The van der Waals surface area contributed by atoms with Crippen LogP contribution in [0.3, 0.4) is 0 Å². The number of halogens is 4. The highest BCUT2D eigenvalue weighted by Gasteiger charge is 2.34. The molecule has 0 aliphatic rings. The largest absolute Gasteiger partial charge is 0.476 e. The highest BCUT2D eigenvalue weighted by atomic mass is 79.9. The van der Waals surface area contributed by atoms with E-state index in [-0.39, 0.29) is 68.7 Å². The first-order chi connectivity index (χ1) is 71.8. The predicted molar refractivity (Wildman–Crippen MR) is 590 cm³/mol. The predicted octanol–water partition coefficient (Wildman–Crippen LogP) is 27.2.